The molecule has 7 nitrogen and oxygen atoms in total. The first-order chi connectivity index (χ1) is 12.3. The van der Waals surface area contributed by atoms with Crippen molar-refractivity contribution in [1.29, 1.82) is 0 Å². The molecule has 1 N–H and O–H groups in total. The number of aromatic nitrogens is 4. The second-order valence-electron chi connectivity index (χ2n) is 5.80. The fourth-order valence-corrected chi connectivity index (χ4v) is 2.98. The Bertz CT molecular complexity index is 903. The summed E-state index contributed by atoms with van der Waals surface area (Å²) >= 11 is 0. The minimum Gasteiger partial charge on any atom is -0.497 e. The highest BCUT2D eigenvalue weighted by Crippen LogP contribution is 2.26. The number of hydrogen-bond donors (Lipinski definition) is 1. The molecule has 1 aliphatic rings. The third-order valence-corrected chi connectivity index (χ3v) is 4.25. The van der Waals surface area contributed by atoms with Crippen LogP contribution in [0.1, 0.15) is 24.0 Å². The monoisotopic (exact) mass is 334 g/mol. The van der Waals surface area contributed by atoms with Gasteiger partial charge in [-0.25, -0.2) is 5.43 Å². The summed E-state index contributed by atoms with van der Waals surface area (Å²) in [5.41, 5.74) is 7.29. The maximum atomic E-state index is 5.34. The van der Waals surface area contributed by atoms with Crippen molar-refractivity contribution in [3.8, 4) is 11.4 Å². The Morgan fingerprint density at radius 2 is 2.00 bits per heavy atom. The second-order valence-corrected chi connectivity index (χ2v) is 5.80. The van der Waals surface area contributed by atoms with E-state index in [2.05, 4.69) is 32.1 Å². The van der Waals surface area contributed by atoms with Crippen molar-refractivity contribution in [3.05, 3.63) is 59.7 Å². The fourth-order valence-electron chi connectivity index (χ4n) is 2.98. The Morgan fingerprint density at radius 1 is 1.12 bits per heavy atom. The SMILES string of the molecule is COc1ccc2c(c1)C(=NNc1nnnn1-c1ccccc1)CCC2. The molecule has 25 heavy (non-hydrogen) atoms. The molecule has 1 aliphatic carbocycles. The Labute approximate surface area is 145 Å². The highest BCUT2D eigenvalue weighted by Gasteiger charge is 2.17. The van der Waals surface area contributed by atoms with Gasteiger partial charge in [-0.3, -0.25) is 0 Å². The molecule has 0 fully saturated rings. The number of aryl methyl sites for hydroxylation is 1. The van der Waals surface area contributed by atoms with Crippen LogP contribution in [0.2, 0.25) is 0 Å². The predicted molar refractivity (Wildman–Crippen MR) is 95.2 cm³/mol. The van der Waals surface area contributed by atoms with E-state index >= 15 is 0 Å². The zero-order valence-electron chi connectivity index (χ0n) is 13.9. The van der Waals surface area contributed by atoms with E-state index in [-0.39, 0.29) is 0 Å². The summed E-state index contributed by atoms with van der Waals surface area (Å²) in [6.07, 6.45) is 3.03. The molecule has 0 atom stereocenters. The van der Waals surface area contributed by atoms with Crippen molar-refractivity contribution in [2.45, 2.75) is 19.3 Å². The molecule has 0 bridgehead atoms. The quantitative estimate of drug-likeness (QED) is 0.742. The van der Waals surface area contributed by atoms with Gasteiger partial charge in [-0.05, 0) is 59.5 Å². The average molecular weight is 334 g/mol. The summed E-state index contributed by atoms with van der Waals surface area (Å²) < 4.78 is 6.97. The lowest BCUT2D eigenvalue weighted by Crippen LogP contribution is -2.14. The number of nitrogens with zero attached hydrogens (tertiary/aromatic N) is 5. The number of fused-ring (bicyclic) bond motifs is 1. The molecule has 1 heterocycles. The van der Waals surface area contributed by atoms with E-state index in [1.54, 1.807) is 11.8 Å². The topological polar surface area (TPSA) is 77.2 Å². The molecule has 0 aliphatic heterocycles. The predicted octanol–water partition coefficient (Wildman–Crippen LogP) is 2.82. The van der Waals surface area contributed by atoms with Gasteiger partial charge in [0.15, 0.2) is 0 Å². The van der Waals surface area contributed by atoms with E-state index in [1.165, 1.54) is 5.56 Å². The van der Waals surface area contributed by atoms with Gasteiger partial charge < -0.3 is 4.74 Å². The summed E-state index contributed by atoms with van der Waals surface area (Å²) in [5, 5.41) is 16.4. The van der Waals surface area contributed by atoms with E-state index in [4.69, 9.17) is 4.74 Å². The van der Waals surface area contributed by atoms with Crippen LogP contribution in [0.25, 0.3) is 5.69 Å². The molecule has 0 saturated heterocycles. The number of rotatable bonds is 4. The number of anilines is 1. The van der Waals surface area contributed by atoms with Gasteiger partial charge in [-0.1, -0.05) is 29.4 Å². The van der Waals surface area contributed by atoms with Crippen molar-refractivity contribution >= 4 is 11.7 Å². The van der Waals surface area contributed by atoms with Crippen LogP contribution < -0.4 is 10.2 Å². The van der Waals surface area contributed by atoms with Gasteiger partial charge in [0.1, 0.15) is 5.75 Å². The van der Waals surface area contributed by atoms with Crippen LogP contribution in [0.15, 0.2) is 53.6 Å². The second kappa shape index (κ2) is 6.72. The minimum absolute atomic E-state index is 0.480. The Morgan fingerprint density at radius 3 is 2.84 bits per heavy atom. The molecule has 7 heteroatoms. The molecular weight excluding hydrogens is 316 g/mol. The highest BCUT2D eigenvalue weighted by atomic mass is 16.5. The zero-order chi connectivity index (χ0) is 17.1. The summed E-state index contributed by atoms with van der Waals surface area (Å²) in [5.74, 6) is 1.32. The molecule has 1 aromatic heterocycles. The lowest BCUT2D eigenvalue weighted by Gasteiger charge is -2.18. The number of tetrazole rings is 1. The molecule has 126 valence electrons. The van der Waals surface area contributed by atoms with Gasteiger partial charge in [0, 0.05) is 5.56 Å². The van der Waals surface area contributed by atoms with Crippen molar-refractivity contribution < 1.29 is 4.74 Å². The third kappa shape index (κ3) is 3.08. The Kier molecular flexibility index (Phi) is 4.12. The van der Waals surface area contributed by atoms with Gasteiger partial charge in [0.05, 0.1) is 18.5 Å². The first-order valence-electron chi connectivity index (χ1n) is 8.19. The van der Waals surface area contributed by atoms with Gasteiger partial charge in [-0.2, -0.15) is 9.78 Å². The number of hydrazone groups is 1. The molecule has 4 rings (SSSR count). The molecule has 0 spiro atoms. The van der Waals surface area contributed by atoms with Crippen molar-refractivity contribution in [2.24, 2.45) is 5.10 Å². The number of para-hydroxylation sites is 1. The number of nitrogens with one attached hydrogen (secondary N) is 1. The van der Waals surface area contributed by atoms with Crippen LogP contribution in [0.3, 0.4) is 0 Å². The Hall–Kier alpha value is -3.22. The smallest absolute Gasteiger partial charge is 0.268 e. The fraction of sp³-hybridized carbons (Fsp3) is 0.222. The van der Waals surface area contributed by atoms with Crippen molar-refractivity contribution in [1.82, 2.24) is 20.2 Å². The first-order valence-corrected chi connectivity index (χ1v) is 8.19. The standard InChI is InChI=1S/C18H18N6O/c1-25-15-11-10-13-6-5-9-17(16(13)12-15)19-20-18-21-22-23-24(18)14-7-3-2-4-8-14/h2-4,7-8,10-12H,5-6,9H2,1H3,(H,20,21,23). The lowest BCUT2D eigenvalue weighted by atomic mass is 9.90. The first kappa shape index (κ1) is 15.3. The molecule has 0 radical (unpaired) electrons. The maximum Gasteiger partial charge on any atom is 0.268 e. The van der Waals surface area contributed by atoms with E-state index in [0.29, 0.717) is 5.95 Å². The molecule has 0 unspecified atom stereocenters. The normalized spacial score (nSPS) is 15.0. The average Bonchev–Trinajstić information content (AvgIpc) is 3.15. The number of benzene rings is 2. The van der Waals surface area contributed by atoms with E-state index in [1.807, 2.05) is 42.5 Å². The van der Waals surface area contributed by atoms with E-state index in [0.717, 1.165) is 42.0 Å². The summed E-state index contributed by atoms with van der Waals surface area (Å²) in [4.78, 5) is 0. The highest BCUT2D eigenvalue weighted by molar-refractivity contribution is 6.03. The van der Waals surface area contributed by atoms with E-state index < -0.39 is 0 Å². The van der Waals surface area contributed by atoms with E-state index in [9.17, 15) is 0 Å². The van der Waals surface area contributed by atoms with Crippen molar-refractivity contribution in [2.75, 3.05) is 12.5 Å². The van der Waals surface area contributed by atoms with Crippen LogP contribution in [0.5, 0.6) is 5.75 Å². The Balaban J connectivity index is 1.63. The third-order valence-electron chi connectivity index (χ3n) is 4.25. The van der Waals surface area contributed by atoms with Gasteiger partial charge >= 0.3 is 0 Å². The summed E-state index contributed by atoms with van der Waals surface area (Å²) in [7, 11) is 1.67. The number of hydrogen-bond acceptors (Lipinski definition) is 6. The lowest BCUT2D eigenvalue weighted by molar-refractivity contribution is 0.414. The largest absolute Gasteiger partial charge is 0.497 e. The van der Waals surface area contributed by atoms with Crippen LogP contribution in [-0.4, -0.2) is 33.0 Å². The molecule has 2 aromatic carbocycles. The van der Waals surface area contributed by atoms with Gasteiger partial charge in [0.2, 0.25) is 0 Å². The summed E-state index contributed by atoms with van der Waals surface area (Å²) in [6, 6.07) is 15.8. The molecule has 0 saturated carbocycles. The number of methoxy groups -OCH3 is 1. The van der Waals surface area contributed by atoms with Gasteiger partial charge in [0.25, 0.3) is 5.95 Å². The molecule has 0 amide bonds. The molecule has 3 aromatic rings. The van der Waals surface area contributed by atoms with Crippen LogP contribution in [0.4, 0.5) is 5.95 Å². The number of ether oxygens (including phenoxy) is 1. The van der Waals surface area contributed by atoms with Crippen LogP contribution in [0, 0.1) is 0 Å². The zero-order valence-corrected chi connectivity index (χ0v) is 13.9. The van der Waals surface area contributed by atoms with Crippen LogP contribution in [-0.2, 0) is 6.42 Å². The maximum absolute atomic E-state index is 5.34. The minimum atomic E-state index is 0.480. The van der Waals surface area contributed by atoms with Crippen molar-refractivity contribution in [3.63, 3.8) is 0 Å². The van der Waals surface area contributed by atoms with Crippen LogP contribution >= 0.6 is 0 Å². The summed E-state index contributed by atoms with van der Waals surface area (Å²) in [6.45, 7) is 0. The molecular formula is C18H18N6O. The van der Waals surface area contributed by atoms with Gasteiger partial charge in [-0.15, -0.1) is 0 Å².